The van der Waals surface area contributed by atoms with E-state index in [9.17, 15) is 71.4 Å². The number of rotatable bonds is 13. The first-order valence-electron chi connectivity index (χ1n) is 17.8. The average Bonchev–Trinajstić information content (AvgIpc) is 3.58. The van der Waals surface area contributed by atoms with Crippen molar-refractivity contribution in [3.05, 3.63) is 107 Å². The molecule has 0 saturated carbocycles. The molecule has 1 amide bonds. The number of aliphatic carboxylic acids is 1. The minimum absolute atomic E-state index is 0.00627. The second-order valence-electron chi connectivity index (χ2n) is 13.5. The highest BCUT2D eigenvalue weighted by Crippen LogP contribution is 2.34. The number of ketones is 1. The number of fused-ring (bicyclic) bond motifs is 2. The molecule has 25 nitrogen and oxygen atoms in total. The molecule has 1 heterocycles. The molecule has 0 aromatic heterocycles. The Morgan fingerprint density at radius 1 is 0.682 bits per heavy atom. The van der Waals surface area contributed by atoms with Crippen molar-refractivity contribution in [3.8, 4) is 5.75 Å². The van der Waals surface area contributed by atoms with Crippen molar-refractivity contribution in [1.82, 2.24) is 0 Å². The molecule has 0 bridgehead atoms. The third-order valence-electron chi connectivity index (χ3n) is 9.21. The van der Waals surface area contributed by atoms with Gasteiger partial charge in [-0.3, -0.25) is 38.7 Å². The fourth-order valence-corrected chi connectivity index (χ4v) is 8.66. The third-order valence-corrected chi connectivity index (χ3v) is 12.7. The van der Waals surface area contributed by atoms with E-state index in [1.165, 1.54) is 55.6 Å². The number of hydrazone groups is 3. The van der Waals surface area contributed by atoms with Gasteiger partial charge in [0.05, 0.1) is 45.3 Å². The smallest absolute Gasteiger partial charge is 0.358 e. The molecule has 7 N–H and O–H groups in total. The largest absolute Gasteiger partial charge is 0.494 e. The van der Waals surface area contributed by atoms with Gasteiger partial charge >= 0.3 is 11.9 Å². The quantitative estimate of drug-likeness (QED) is 0.0495. The van der Waals surface area contributed by atoms with Crippen molar-refractivity contribution in [2.75, 3.05) is 23.0 Å². The SMILES string of the molecule is COc1cc(N=Nc2ccc3cc(S(=O)(=O)O)cc(S(=O)(=O)O)c3c2)ccc1N/N=C1\C(=O)c2cc(N/N=C3/C(=O)N(c4ccc(S(=O)(=O)O)cc4)N=C3C(=O)O)ccc2C=C1S(=O)(=O)O. The van der Waals surface area contributed by atoms with Gasteiger partial charge in [0.2, 0.25) is 11.5 Å². The number of allylic oxidation sites excluding steroid dienone is 1. The number of methoxy groups -OCH3 is 1. The van der Waals surface area contributed by atoms with Crippen LogP contribution in [-0.2, 0) is 50.1 Å². The van der Waals surface area contributed by atoms with Gasteiger partial charge in [0.15, 0.2) is 11.4 Å². The predicted octanol–water partition coefficient (Wildman–Crippen LogP) is 4.15. The van der Waals surface area contributed by atoms with Crippen LogP contribution in [0.3, 0.4) is 0 Å². The third kappa shape index (κ3) is 9.57. The number of ether oxygens (including phenoxy) is 1. The molecule has 2 aliphatic rings. The molecule has 0 radical (unpaired) electrons. The van der Waals surface area contributed by atoms with Crippen molar-refractivity contribution < 1.29 is 76.1 Å². The summed E-state index contributed by atoms with van der Waals surface area (Å²) in [4.78, 5) is 36.0. The molecule has 5 aromatic rings. The van der Waals surface area contributed by atoms with E-state index in [-0.39, 0.29) is 56.1 Å². The van der Waals surface area contributed by atoms with Gasteiger partial charge < -0.3 is 9.84 Å². The molecule has 7 rings (SSSR count). The molecule has 0 spiro atoms. The van der Waals surface area contributed by atoms with Crippen LogP contribution in [0.1, 0.15) is 15.9 Å². The number of amides is 1. The van der Waals surface area contributed by atoms with Gasteiger partial charge in [-0.25, -0.2) is 4.79 Å². The zero-order chi connectivity index (χ0) is 48.1. The zero-order valence-corrected chi connectivity index (χ0v) is 36.0. The molecule has 1 aliphatic carbocycles. The van der Waals surface area contributed by atoms with Crippen LogP contribution in [0, 0.1) is 0 Å². The van der Waals surface area contributed by atoms with Crippen molar-refractivity contribution in [2.45, 2.75) is 14.7 Å². The first kappa shape index (κ1) is 46.4. The first-order chi connectivity index (χ1) is 30.8. The van der Waals surface area contributed by atoms with Crippen LogP contribution in [0.5, 0.6) is 5.75 Å². The molecular formula is C37H26N8O17S4. The van der Waals surface area contributed by atoms with Crippen LogP contribution in [0.25, 0.3) is 16.8 Å². The monoisotopic (exact) mass is 982 g/mol. The lowest BCUT2D eigenvalue weighted by molar-refractivity contribution is -0.129. The first-order valence-corrected chi connectivity index (χ1v) is 23.5. The number of Topliss-reactive ketones (excluding diaryl/α,β-unsaturated/α-hetero) is 1. The Morgan fingerprint density at radius 3 is 1.92 bits per heavy atom. The minimum atomic E-state index is -5.10. The number of carbonyl (C=O) groups excluding carboxylic acids is 2. The molecule has 66 heavy (non-hydrogen) atoms. The standard InChI is InChI=1S/C37H26N8O17S4/c1-62-29-16-22(39-38-20-4-2-18-12-25(64(53,54)55)17-30(26(18)14-20)65(56,57)58)6-11-28(29)41-42-32-31(66(59,60)61)13-19-3-5-21(15-27(19)35(32)46)40-43-33-34(37(48)49)44-45(36(33)47)23-7-9-24(10-8-23)63(50,51)52/h2-17,40-41H,1H3,(H,48,49)(H,50,51,52)(H,53,54,55)(H,56,57,58)(H,59,60,61)/b39-38?,42-32-,43-33+. The topological polar surface area (TPSA) is 387 Å². The highest BCUT2D eigenvalue weighted by molar-refractivity contribution is 7.91. The van der Waals surface area contributed by atoms with Crippen LogP contribution < -0.4 is 20.6 Å². The fraction of sp³-hybridized carbons (Fsp3) is 0.0270. The summed E-state index contributed by atoms with van der Waals surface area (Å²) in [6.45, 7) is 0. The molecule has 0 saturated heterocycles. The molecular weight excluding hydrogens is 957 g/mol. The van der Waals surface area contributed by atoms with Crippen molar-refractivity contribution >= 4 is 121 Å². The molecule has 5 aromatic carbocycles. The summed E-state index contributed by atoms with van der Waals surface area (Å²) in [5.41, 5.74) is 2.47. The van der Waals surface area contributed by atoms with E-state index < -0.39 is 94.9 Å². The van der Waals surface area contributed by atoms with Gasteiger partial charge in [-0.2, -0.15) is 64.2 Å². The number of nitrogens with zero attached hydrogens (tertiary/aromatic N) is 6. The average molecular weight is 983 g/mol. The van der Waals surface area contributed by atoms with Gasteiger partial charge in [-0.1, -0.05) is 12.1 Å². The number of azo groups is 1. The Kier molecular flexibility index (Phi) is 12.0. The fourth-order valence-electron chi connectivity index (χ4n) is 6.17. The predicted molar refractivity (Wildman–Crippen MR) is 232 cm³/mol. The van der Waals surface area contributed by atoms with Crippen molar-refractivity contribution in [3.63, 3.8) is 0 Å². The van der Waals surface area contributed by atoms with E-state index in [4.69, 9.17) is 4.74 Å². The summed E-state index contributed by atoms with van der Waals surface area (Å²) in [7, 11) is -18.3. The summed E-state index contributed by atoms with van der Waals surface area (Å²) >= 11 is 0. The molecule has 0 unspecified atom stereocenters. The molecule has 340 valence electrons. The van der Waals surface area contributed by atoms with Gasteiger partial charge in [0.25, 0.3) is 40.5 Å². The number of anilines is 3. The molecule has 1 aliphatic heterocycles. The number of benzene rings is 5. The van der Waals surface area contributed by atoms with Crippen LogP contribution >= 0.6 is 0 Å². The Balaban J connectivity index is 1.13. The summed E-state index contributed by atoms with van der Waals surface area (Å²) in [5.74, 6) is -3.77. The number of carbonyl (C=O) groups is 3. The lowest BCUT2D eigenvalue weighted by Crippen LogP contribution is -2.31. The Morgan fingerprint density at radius 2 is 1.32 bits per heavy atom. The maximum absolute atomic E-state index is 13.8. The Bertz CT molecular complexity index is 3590. The van der Waals surface area contributed by atoms with Gasteiger partial charge in [0.1, 0.15) is 15.6 Å². The van der Waals surface area contributed by atoms with E-state index in [1.807, 2.05) is 0 Å². The van der Waals surface area contributed by atoms with Gasteiger partial charge in [-0.15, -0.1) is 0 Å². The second kappa shape index (κ2) is 17.1. The zero-order valence-electron chi connectivity index (χ0n) is 32.7. The number of hydrogen-bond acceptors (Lipinski definition) is 19. The van der Waals surface area contributed by atoms with Gasteiger partial charge in [-0.05, 0) is 89.8 Å². The van der Waals surface area contributed by atoms with Crippen LogP contribution in [0.4, 0.5) is 28.4 Å². The highest BCUT2D eigenvalue weighted by atomic mass is 32.2. The lowest BCUT2D eigenvalue weighted by atomic mass is 9.94. The summed E-state index contributed by atoms with van der Waals surface area (Å²) < 4.78 is 139. The van der Waals surface area contributed by atoms with E-state index in [0.717, 1.165) is 42.5 Å². The number of carboxylic acids is 1. The van der Waals surface area contributed by atoms with Gasteiger partial charge in [0, 0.05) is 17.0 Å². The van der Waals surface area contributed by atoms with Crippen LogP contribution in [0.15, 0.2) is 136 Å². The molecule has 0 atom stereocenters. The van der Waals surface area contributed by atoms with E-state index in [0.29, 0.717) is 11.1 Å². The maximum atomic E-state index is 13.8. The number of carboxylic acid groups (broad SMARTS) is 1. The maximum Gasteiger partial charge on any atom is 0.358 e. The number of hydrogen-bond donors (Lipinski definition) is 7. The lowest BCUT2D eigenvalue weighted by Gasteiger charge is -2.17. The van der Waals surface area contributed by atoms with E-state index in [1.54, 1.807) is 0 Å². The van der Waals surface area contributed by atoms with Crippen LogP contribution in [0.2, 0.25) is 0 Å². The summed E-state index contributed by atoms with van der Waals surface area (Å²) in [6.07, 6.45) is 0.947. The van der Waals surface area contributed by atoms with Crippen molar-refractivity contribution in [2.24, 2.45) is 25.5 Å². The Hall–Kier alpha value is -7.64. The van der Waals surface area contributed by atoms with E-state index in [2.05, 4.69) is 36.4 Å². The normalized spacial score (nSPS) is 15.9. The minimum Gasteiger partial charge on any atom is -0.494 e. The Labute approximate surface area is 371 Å². The van der Waals surface area contributed by atoms with Crippen LogP contribution in [-0.4, -0.2) is 98.9 Å². The second-order valence-corrected chi connectivity index (χ2v) is 19.1. The summed E-state index contributed by atoms with van der Waals surface area (Å²) in [5, 5.41) is 29.9. The molecule has 0 fully saturated rings. The van der Waals surface area contributed by atoms with E-state index >= 15 is 0 Å². The number of nitrogens with one attached hydrogen (secondary N) is 2. The highest BCUT2D eigenvalue weighted by Gasteiger charge is 2.38. The summed E-state index contributed by atoms with van der Waals surface area (Å²) in [6, 6.07) is 17.1. The molecule has 29 heteroatoms. The van der Waals surface area contributed by atoms with Crippen molar-refractivity contribution in [1.29, 1.82) is 0 Å².